The minimum Gasteiger partial charge on any atom is -0.335 e. The van der Waals surface area contributed by atoms with Gasteiger partial charge in [0.05, 0.1) is 5.38 Å². The third kappa shape index (κ3) is 2.63. The molecule has 0 radical (unpaired) electrons. The highest BCUT2D eigenvalue weighted by Gasteiger charge is 2.12. The summed E-state index contributed by atoms with van der Waals surface area (Å²) in [5.41, 5.74) is 1.45. The Labute approximate surface area is 96.0 Å². The maximum Gasteiger partial charge on any atom is 0.112 e. The lowest BCUT2D eigenvalue weighted by Crippen LogP contribution is -2.08. The van der Waals surface area contributed by atoms with Crippen molar-refractivity contribution in [1.82, 2.24) is 9.55 Å². The summed E-state index contributed by atoms with van der Waals surface area (Å²) in [6.07, 6.45) is 10.6. The highest BCUT2D eigenvalue weighted by atomic mass is 35.5. The zero-order chi connectivity index (χ0) is 10.7. The minimum atomic E-state index is 0.235. The van der Waals surface area contributed by atoms with Gasteiger partial charge in [-0.1, -0.05) is 11.6 Å². The van der Waals surface area contributed by atoms with Crippen molar-refractivity contribution in [2.75, 3.05) is 0 Å². The van der Waals surface area contributed by atoms with Crippen molar-refractivity contribution in [3.63, 3.8) is 0 Å². The molecular formula is C12H17ClN2. The number of hydrogen-bond donors (Lipinski definition) is 0. The first kappa shape index (κ1) is 10.7. The fourth-order valence-corrected chi connectivity index (χ4v) is 2.42. The summed E-state index contributed by atoms with van der Waals surface area (Å²) in [7, 11) is 0. The van der Waals surface area contributed by atoms with Crippen LogP contribution in [0.4, 0.5) is 0 Å². The molecule has 2 nitrogen and oxygen atoms in total. The predicted octanol–water partition coefficient (Wildman–Crippen LogP) is 3.16. The Balaban J connectivity index is 2.08. The second-order valence-corrected chi connectivity index (χ2v) is 4.60. The second kappa shape index (κ2) is 4.84. The van der Waals surface area contributed by atoms with E-state index in [2.05, 4.69) is 22.6 Å². The molecular weight excluding hydrogens is 208 g/mol. The van der Waals surface area contributed by atoms with Gasteiger partial charge in [0, 0.05) is 25.4 Å². The van der Waals surface area contributed by atoms with Gasteiger partial charge in [-0.05, 0) is 26.2 Å². The van der Waals surface area contributed by atoms with Crippen LogP contribution in [0.15, 0.2) is 24.0 Å². The molecule has 1 heterocycles. The van der Waals surface area contributed by atoms with Crippen LogP contribution in [0.1, 0.15) is 32.0 Å². The van der Waals surface area contributed by atoms with E-state index in [1.807, 2.05) is 12.4 Å². The van der Waals surface area contributed by atoms with Crippen molar-refractivity contribution >= 4 is 11.6 Å². The van der Waals surface area contributed by atoms with Gasteiger partial charge in [-0.2, -0.15) is 0 Å². The Bertz CT molecular complexity index is 354. The molecule has 1 aliphatic carbocycles. The number of nitrogens with zero attached hydrogens (tertiary/aromatic N) is 2. The summed E-state index contributed by atoms with van der Waals surface area (Å²) in [5, 5.41) is 0.235. The van der Waals surface area contributed by atoms with Gasteiger partial charge in [-0.25, -0.2) is 4.98 Å². The van der Waals surface area contributed by atoms with Crippen LogP contribution < -0.4 is 0 Å². The van der Waals surface area contributed by atoms with E-state index >= 15 is 0 Å². The number of hydrogen-bond acceptors (Lipinski definition) is 1. The molecule has 1 unspecified atom stereocenters. The molecule has 0 saturated carbocycles. The van der Waals surface area contributed by atoms with Crippen molar-refractivity contribution in [1.29, 1.82) is 0 Å². The zero-order valence-corrected chi connectivity index (χ0v) is 9.87. The summed E-state index contributed by atoms with van der Waals surface area (Å²) in [5.74, 6) is 1.16. The second-order valence-electron chi connectivity index (χ2n) is 4.04. The van der Waals surface area contributed by atoms with E-state index in [0.29, 0.717) is 0 Å². The molecule has 0 saturated heterocycles. The molecule has 0 bridgehead atoms. The molecule has 0 spiro atoms. The fourth-order valence-electron chi connectivity index (χ4n) is 2.09. The molecule has 0 aromatic carbocycles. The average molecular weight is 225 g/mol. The molecule has 15 heavy (non-hydrogen) atoms. The van der Waals surface area contributed by atoms with Crippen LogP contribution >= 0.6 is 11.6 Å². The third-order valence-corrected chi connectivity index (χ3v) is 3.27. The number of aromatic nitrogens is 2. The Morgan fingerprint density at radius 2 is 2.47 bits per heavy atom. The van der Waals surface area contributed by atoms with Crippen LogP contribution in [-0.4, -0.2) is 14.9 Å². The van der Waals surface area contributed by atoms with Crippen molar-refractivity contribution in [3.8, 4) is 0 Å². The molecule has 1 atom stereocenters. The van der Waals surface area contributed by atoms with Crippen molar-refractivity contribution in [2.45, 2.75) is 44.5 Å². The van der Waals surface area contributed by atoms with Crippen LogP contribution in [-0.2, 0) is 13.0 Å². The van der Waals surface area contributed by atoms with E-state index in [-0.39, 0.29) is 5.38 Å². The van der Waals surface area contributed by atoms with Gasteiger partial charge in [0.15, 0.2) is 0 Å². The van der Waals surface area contributed by atoms with Gasteiger partial charge in [0.25, 0.3) is 0 Å². The molecule has 82 valence electrons. The fraction of sp³-hybridized carbons (Fsp3) is 0.583. The average Bonchev–Trinajstić information content (AvgIpc) is 2.65. The number of alkyl halides is 1. The molecule has 0 N–H and O–H groups in total. The molecule has 1 aromatic heterocycles. The van der Waals surface area contributed by atoms with Gasteiger partial charge in [0.2, 0.25) is 0 Å². The first-order valence-corrected chi connectivity index (χ1v) is 6.07. The quantitative estimate of drug-likeness (QED) is 0.570. The molecule has 0 amide bonds. The predicted molar refractivity (Wildman–Crippen MR) is 63.2 cm³/mol. The number of imidazole rings is 1. The van der Waals surface area contributed by atoms with Crippen molar-refractivity contribution in [3.05, 3.63) is 29.9 Å². The van der Waals surface area contributed by atoms with E-state index in [4.69, 9.17) is 11.6 Å². The van der Waals surface area contributed by atoms with Crippen LogP contribution in [0.3, 0.4) is 0 Å². The summed E-state index contributed by atoms with van der Waals surface area (Å²) in [4.78, 5) is 4.39. The highest BCUT2D eigenvalue weighted by Crippen LogP contribution is 2.24. The van der Waals surface area contributed by atoms with E-state index < -0.39 is 0 Å². The number of rotatable bonds is 3. The van der Waals surface area contributed by atoms with Gasteiger partial charge < -0.3 is 4.57 Å². The zero-order valence-electron chi connectivity index (χ0n) is 9.12. The monoisotopic (exact) mass is 224 g/mol. The molecule has 1 aliphatic rings. The molecule has 2 rings (SSSR count). The Kier molecular flexibility index (Phi) is 3.47. The van der Waals surface area contributed by atoms with Gasteiger partial charge in [0.1, 0.15) is 5.82 Å². The van der Waals surface area contributed by atoms with Crippen LogP contribution in [0.2, 0.25) is 0 Å². The van der Waals surface area contributed by atoms with Gasteiger partial charge in [-0.15, -0.1) is 11.6 Å². The van der Waals surface area contributed by atoms with Gasteiger partial charge in [-0.3, -0.25) is 0 Å². The Morgan fingerprint density at radius 3 is 3.20 bits per heavy atom. The van der Waals surface area contributed by atoms with E-state index in [9.17, 15) is 0 Å². The lowest BCUT2D eigenvalue weighted by Gasteiger charge is -2.16. The van der Waals surface area contributed by atoms with Crippen molar-refractivity contribution < 1.29 is 0 Å². The Hall–Kier alpha value is -0.760. The summed E-state index contributed by atoms with van der Waals surface area (Å²) in [6.45, 7) is 3.14. The van der Waals surface area contributed by atoms with Crippen LogP contribution in [0.25, 0.3) is 0 Å². The summed E-state index contributed by atoms with van der Waals surface area (Å²) < 4.78 is 2.19. The van der Waals surface area contributed by atoms with E-state index in [1.165, 1.54) is 18.4 Å². The number of aryl methyl sites for hydroxylation is 1. The minimum absolute atomic E-state index is 0.235. The maximum absolute atomic E-state index is 6.12. The molecule has 1 aromatic rings. The summed E-state index contributed by atoms with van der Waals surface area (Å²) >= 11 is 6.12. The normalized spacial score (nSPS) is 21.5. The standard InChI is InChI=1S/C12H17ClN2/c1-2-15-7-6-14-12(15)9-10-4-3-5-11(13)8-10/h6-8,11H,2-5,9H2,1H3. The largest absolute Gasteiger partial charge is 0.335 e. The van der Waals surface area contributed by atoms with E-state index in [1.54, 1.807) is 0 Å². The first-order valence-electron chi connectivity index (χ1n) is 5.63. The third-order valence-electron chi connectivity index (χ3n) is 2.92. The highest BCUT2D eigenvalue weighted by molar-refractivity contribution is 6.21. The molecule has 0 aliphatic heterocycles. The lowest BCUT2D eigenvalue weighted by atomic mass is 9.96. The number of halogens is 1. The molecule has 3 heteroatoms. The number of allylic oxidation sites excluding steroid dienone is 2. The topological polar surface area (TPSA) is 17.8 Å². The van der Waals surface area contributed by atoms with Crippen LogP contribution in [0.5, 0.6) is 0 Å². The van der Waals surface area contributed by atoms with E-state index in [0.717, 1.165) is 25.2 Å². The van der Waals surface area contributed by atoms with Crippen LogP contribution in [0, 0.1) is 0 Å². The Morgan fingerprint density at radius 1 is 1.60 bits per heavy atom. The maximum atomic E-state index is 6.12. The molecule has 0 fully saturated rings. The van der Waals surface area contributed by atoms with Gasteiger partial charge >= 0.3 is 0 Å². The smallest absolute Gasteiger partial charge is 0.112 e. The lowest BCUT2D eigenvalue weighted by molar-refractivity contribution is 0.661. The van der Waals surface area contributed by atoms with Crippen molar-refractivity contribution in [2.24, 2.45) is 0 Å². The SMILES string of the molecule is CCn1ccnc1CC1=CC(Cl)CCC1. The summed E-state index contributed by atoms with van der Waals surface area (Å²) in [6, 6.07) is 0. The first-order chi connectivity index (χ1) is 7.29.